The Kier molecular flexibility index (Phi) is 4.30. The number of carbonyl (C=O) groups is 5. The molecule has 0 radical (unpaired) electrons. The number of nitrogens with zero attached hydrogens (tertiary/aromatic N) is 1. The minimum Gasteiger partial charge on any atom is -0.465 e. The Morgan fingerprint density at radius 2 is 2.05 bits per heavy atom. The van der Waals surface area contributed by atoms with E-state index in [1.54, 1.807) is 6.92 Å². The number of amides is 4. The maximum Gasteiger partial charge on any atom is 0.331 e. The van der Waals surface area contributed by atoms with Crippen LogP contribution in [0.25, 0.3) is 0 Å². The number of hydrogen-bond acceptors (Lipinski definition) is 6. The lowest BCUT2D eigenvalue weighted by atomic mass is 9.78. The summed E-state index contributed by atoms with van der Waals surface area (Å²) in [5.41, 5.74) is -1.45. The highest BCUT2D eigenvalue weighted by atomic mass is 16.5. The first-order valence-corrected chi connectivity index (χ1v) is 7.18. The standard InChI is InChI=1S/C14H18N2O6/c1-3-22-12(20)14(6-4-5-10(14)18)7-9-11(19)15-13(21)16(9)8(2)17/h9H,3-7H2,1-2H3,(H,15,19,21). The van der Waals surface area contributed by atoms with Gasteiger partial charge >= 0.3 is 12.0 Å². The Morgan fingerprint density at radius 3 is 2.55 bits per heavy atom. The normalized spacial score (nSPS) is 28.0. The second-order valence-corrected chi connectivity index (χ2v) is 5.48. The molecule has 8 heteroatoms. The third-order valence-corrected chi connectivity index (χ3v) is 4.15. The Bertz CT molecular complexity index is 558. The van der Waals surface area contributed by atoms with Gasteiger partial charge in [-0.1, -0.05) is 0 Å². The summed E-state index contributed by atoms with van der Waals surface area (Å²) >= 11 is 0. The summed E-state index contributed by atoms with van der Waals surface area (Å²) in [6.07, 6.45) is 0.775. The molecule has 120 valence electrons. The maximum atomic E-state index is 12.3. The van der Waals surface area contributed by atoms with Gasteiger partial charge in [-0.15, -0.1) is 0 Å². The van der Waals surface area contributed by atoms with Crippen molar-refractivity contribution in [3.8, 4) is 0 Å². The molecule has 2 fully saturated rings. The molecule has 4 amide bonds. The molecule has 2 unspecified atom stereocenters. The van der Waals surface area contributed by atoms with Crippen molar-refractivity contribution in [1.82, 2.24) is 10.2 Å². The summed E-state index contributed by atoms with van der Waals surface area (Å²) in [6.45, 7) is 2.89. The molecule has 1 aliphatic heterocycles. The van der Waals surface area contributed by atoms with Crippen LogP contribution in [-0.2, 0) is 23.9 Å². The summed E-state index contributed by atoms with van der Waals surface area (Å²) < 4.78 is 4.99. The summed E-state index contributed by atoms with van der Waals surface area (Å²) in [5, 5.41) is 2.04. The molecule has 0 aromatic rings. The quantitative estimate of drug-likeness (QED) is 0.449. The third kappa shape index (κ3) is 2.49. The molecular formula is C14H18N2O6. The van der Waals surface area contributed by atoms with E-state index in [0.717, 1.165) is 11.8 Å². The van der Waals surface area contributed by atoms with Gasteiger partial charge in [-0.2, -0.15) is 0 Å². The smallest absolute Gasteiger partial charge is 0.331 e. The van der Waals surface area contributed by atoms with Gasteiger partial charge in [-0.3, -0.25) is 29.4 Å². The molecule has 0 bridgehead atoms. The van der Waals surface area contributed by atoms with Crippen molar-refractivity contribution in [3.63, 3.8) is 0 Å². The van der Waals surface area contributed by atoms with Crippen LogP contribution in [-0.4, -0.2) is 47.1 Å². The molecule has 1 saturated carbocycles. The molecule has 8 nitrogen and oxygen atoms in total. The Labute approximate surface area is 127 Å². The number of ether oxygens (including phenoxy) is 1. The summed E-state index contributed by atoms with van der Waals surface area (Å²) in [4.78, 5) is 60.4. The van der Waals surface area contributed by atoms with Crippen LogP contribution in [0.1, 0.15) is 39.5 Å². The van der Waals surface area contributed by atoms with Gasteiger partial charge in [0.1, 0.15) is 17.2 Å². The highest BCUT2D eigenvalue weighted by Gasteiger charge is 2.55. The second kappa shape index (κ2) is 5.86. The topological polar surface area (TPSA) is 110 Å². The number of rotatable bonds is 4. The molecule has 2 rings (SSSR count). The number of ketones is 1. The number of imide groups is 2. The molecule has 1 N–H and O–H groups in total. The lowest BCUT2D eigenvalue weighted by Crippen LogP contribution is -2.47. The van der Waals surface area contributed by atoms with Gasteiger partial charge in [-0.05, 0) is 19.8 Å². The first-order valence-electron chi connectivity index (χ1n) is 7.18. The molecule has 0 aromatic heterocycles. The van der Waals surface area contributed by atoms with E-state index < -0.39 is 35.3 Å². The predicted molar refractivity (Wildman–Crippen MR) is 72.4 cm³/mol. The van der Waals surface area contributed by atoms with Gasteiger partial charge in [-0.25, -0.2) is 4.79 Å². The molecule has 0 aromatic carbocycles. The molecular weight excluding hydrogens is 292 g/mol. The van der Waals surface area contributed by atoms with Crippen molar-refractivity contribution in [2.45, 2.75) is 45.6 Å². The minimum atomic E-state index is -1.45. The van der Waals surface area contributed by atoms with E-state index in [1.807, 2.05) is 5.32 Å². The van der Waals surface area contributed by atoms with Crippen molar-refractivity contribution < 1.29 is 28.7 Å². The molecule has 1 aliphatic carbocycles. The molecule has 22 heavy (non-hydrogen) atoms. The van der Waals surface area contributed by atoms with Gasteiger partial charge in [0.2, 0.25) is 5.91 Å². The monoisotopic (exact) mass is 310 g/mol. The zero-order valence-corrected chi connectivity index (χ0v) is 12.5. The fraction of sp³-hybridized carbons (Fsp3) is 0.643. The third-order valence-electron chi connectivity index (χ3n) is 4.15. The van der Waals surface area contributed by atoms with E-state index in [1.165, 1.54) is 0 Å². The molecule has 2 aliphatic rings. The van der Waals surface area contributed by atoms with Crippen LogP contribution < -0.4 is 5.32 Å². The average Bonchev–Trinajstić information content (AvgIpc) is 2.92. The lowest BCUT2D eigenvalue weighted by molar-refractivity contribution is -0.160. The first kappa shape index (κ1) is 16.1. The highest BCUT2D eigenvalue weighted by molar-refractivity contribution is 6.12. The zero-order chi connectivity index (χ0) is 16.5. The van der Waals surface area contributed by atoms with Crippen molar-refractivity contribution in [3.05, 3.63) is 0 Å². The van der Waals surface area contributed by atoms with Gasteiger partial charge in [0.15, 0.2) is 0 Å². The van der Waals surface area contributed by atoms with E-state index in [2.05, 4.69) is 0 Å². The van der Waals surface area contributed by atoms with Crippen LogP contribution in [0, 0.1) is 5.41 Å². The number of urea groups is 1. The highest BCUT2D eigenvalue weighted by Crippen LogP contribution is 2.41. The largest absolute Gasteiger partial charge is 0.465 e. The van der Waals surface area contributed by atoms with Crippen LogP contribution in [0.3, 0.4) is 0 Å². The molecule has 2 atom stereocenters. The van der Waals surface area contributed by atoms with Crippen LogP contribution >= 0.6 is 0 Å². The van der Waals surface area contributed by atoms with Gasteiger partial charge in [0.05, 0.1) is 6.61 Å². The van der Waals surface area contributed by atoms with Gasteiger partial charge < -0.3 is 4.74 Å². The fourth-order valence-corrected chi connectivity index (χ4v) is 3.10. The van der Waals surface area contributed by atoms with Crippen LogP contribution in [0.2, 0.25) is 0 Å². The van der Waals surface area contributed by atoms with Gasteiger partial charge in [0, 0.05) is 19.8 Å². The Balaban J connectivity index is 2.33. The van der Waals surface area contributed by atoms with E-state index in [-0.39, 0.29) is 31.7 Å². The Hall–Kier alpha value is -2.25. The van der Waals surface area contributed by atoms with Crippen molar-refractivity contribution in [2.24, 2.45) is 5.41 Å². The summed E-state index contributed by atoms with van der Waals surface area (Å²) in [7, 11) is 0. The average molecular weight is 310 g/mol. The van der Waals surface area contributed by atoms with Crippen LogP contribution in [0.4, 0.5) is 4.79 Å². The molecule has 1 saturated heterocycles. The van der Waals surface area contributed by atoms with Crippen molar-refractivity contribution in [2.75, 3.05) is 6.61 Å². The number of nitrogens with one attached hydrogen (secondary N) is 1. The minimum absolute atomic E-state index is 0.111. The van der Waals surface area contributed by atoms with Crippen molar-refractivity contribution >= 4 is 29.6 Å². The van der Waals surface area contributed by atoms with E-state index in [4.69, 9.17) is 4.74 Å². The zero-order valence-electron chi connectivity index (χ0n) is 12.5. The molecule has 1 heterocycles. The molecule has 0 spiro atoms. The fourth-order valence-electron chi connectivity index (χ4n) is 3.10. The number of Topliss-reactive ketones (excluding diaryl/α,β-unsaturated/α-hetero) is 1. The van der Waals surface area contributed by atoms with Crippen LogP contribution in [0.15, 0.2) is 0 Å². The van der Waals surface area contributed by atoms with Gasteiger partial charge in [0.25, 0.3) is 5.91 Å². The lowest BCUT2D eigenvalue weighted by Gasteiger charge is -2.29. The predicted octanol–water partition coefficient (Wildman–Crippen LogP) is 0.146. The van der Waals surface area contributed by atoms with E-state index in [0.29, 0.717) is 6.42 Å². The Morgan fingerprint density at radius 1 is 1.36 bits per heavy atom. The van der Waals surface area contributed by atoms with E-state index >= 15 is 0 Å². The second-order valence-electron chi connectivity index (χ2n) is 5.48. The first-order chi connectivity index (χ1) is 10.3. The van der Waals surface area contributed by atoms with E-state index in [9.17, 15) is 24.0 Å². The number of carbonyl (C=O) groups excluding carboxylic acids is 5. The maximum absolute atomic E-state index is 12.3. The number of hydrogen-bond donors (Lipinski definition) is 1. The summed E-state index contributed by atoms with van der Waals surface area (Å²) in [6, 6.07) is -1.98. The van der Waals surface area contributed by atoms with Crippen LogP contribution in [0.5, 0.6) is 0 Å². The van der Waals surface area contributed by atoms with Crippen molar-refractivity contribution in [1.29, 1.82) is 0 Å². The number of esters is 1. The SMILES string of the molecule is CCOC(=O)C1(CC2C(=O)NC(=O)N2C(C)=O)CCCC1=O. The summed E-state index contributed by atoms with van der Waals surface area (Å²) in [5.74, 6) is -2.28.